The van der Waals surface area contributed by atoms with Gasteiger partial charge in [-0.05, 0) is 45.4 Å². The van der Waals surface area contributed by atoms with Crippen molar-refractivity contribution in [2.45, 2.75) is 39.2 Å². The van der Waals surface area contributed by atoms with Crippen LogP contribution in [-0.4, -0.2) is 29.5 Å². The van der Waals surface area contributed by atoms with Crippen molar-refractivity contribution >= 4 is 17.3 Å². The minimum absolute atomic E-state index is 0.0151. The van der Waals surface area contributed by atoms with E-state index >= 15 is 0 Å². The van der Waals surface area contributed by atoms with Crippen molar-refractivity contribution in [1.29, 1.82) is 0 Å². The molecule has 0 unspecified atom stereocenters. The van der Waals surface area contributed by atoms with Crippen LogP contribution in [0, 0.1) is 10.1 Å². The maximum absolute atomic E-state index is 12.0. The smallest absolute Gasteiger partial charge is 0.269 e. The molecule has 0 bridgehead atoms. The van der Waals surface area contributed by atoms with Gasteiger partial charge in [0.25, 0.3) is 5.69 Å². The van der Waals surface area contributed by atoms with E-state index < -0.39 is 4.92 Å². The van der Waals surface area contributed by atoms with E-state index in [1.54, 1.807) is 11.0 Å². The summed E-state index contributed by atoms with van der Waals surface area (Å²) < 4.78 is 0. The lowest BCUT2D eigenvalue weighted by atomic mass is 10.1. The molecule has 0 saturated heterocycles. The van der Waals surface area contributed by atoms with Gasteiger partial charge in [0.05, 0.1) is 11.3 Å². The molecule has 6 nitrogen and oxygen atoms in total. The summed E-state index contributed by atoms with van der Waals surface area (Å²) in [6, 6.07) is 4.63. The van der Waals surface area contributed by atoms with Crippen LogP contribution >= 0.6 is 0 Å². The number of nitrogens with one attached hydrogen (secondary N) is 1. The van der Waals surface area contributed by atoms with Crippen LogP contribution in [0.15, 0.2) is 18.2 Å². The van der Waals surface area contributed by atoms with Gasteiger partial charge in [0.2, 0.25) is 5.91 Å². The molecule has 0 fully saturated rings. The second-order valence-electron chi connectivity index (χ2n) is 6.32. The van der Waals surface area contributed by atoms with E-state index in [4.69, 9.17) is 0 Å². The predicted octanol–water partition coefficient (Wildman–Crippen LogP) is 2.26. The molecule has 21 heavy (non-hydrogen) atoms. The van der Waals surface area contributed by atoms with Crippen LogP contribution in [0.5, 0.6) is 0 Å². The molecule has 1 aliphatic rings. The van der Waals surface area contributed by atoms with E-state index in [1.807, 2.05) is 0 Å². The fourth-order valence-electron chi connectivity index (χ4n) is 2.43. The summed E-state index contributed by atoms with van der Waals surface area (Å²) in [6.45, 7) is 7.76. The Morgan fingerprint density at radius 1 is 1.38 bits per heavy atom. The van der Waals surface area contributed by atoms with Crippen molar-refractivity contribution in [2.24, 2.45) is 0 Å². The van der Waals surface area contributed by atoms with E-state index in [2.05, 4.69) is 26.1 Å². The first-order valence-corrected chi connectivity index (χ1v) is 7.11. The molecule has 1 heterocycles. The average molecular weight is 291 g/mol. The van der Waals surface area contributed by atoms with Gasteiger partial charge < -0.3 is 10.2 Å². The van der Waals surface area contributed by atoms with Crippen molar-refractivity contribution in [3.63, 3.8) is 0 Å². The zero-order valence-corrected chi connectivity index (χ0v) is 12.7. The van der Waals surface area contributed by atoms with Crippen LogP contribution in [0.3, 0.4) is 0 Å². The highest BCUT2D eigenvalue weighted by atomic mass is 16.6. The lowest BCUT2D eigenvalue weighted by Gasteiger charge is -2.22. The summed E-state index contributed by atoms with van der Waals surface area (Å²) in [7, 11) is 0. The number of hydrogen-bond acceptors (Lipinski definition) is 4. The van der Waals surface area contributed by atoms with Gasteiger partial charge in [-0.1, -0.05) is 0 Å². The van der Waals surface area contributed by atoms with E-state index in [0.717, 1.165) is 24.2 Å². The van der Waals surface area contributed by atoms with Gasteiger partial charge in [0, 0.05) is 29.9 Å². The minimum atomic E-state index is -0.430. The van der Waals surface area contributed by atoms with Crippen molar-refractivity contribution in [3.8, 4) is 0 Å². The molecular formula is C15H21N3O3. The molecule has 1 N–H and O–H groups in total. The molecule has 1 aliphatic heterocycles. The van der Waals surface area contributed by atoms with Gasteiger partial charge in [0.1, 0.15) is 0 Å². The van der Waals surface area contributed by atoms with Crippen LogP contribution in [0.4, 0.5) is 11.4 Å². The van der Waals surface area contributed by atoms with Crippen LogP contribution in [-0.2, 0) is 11.2 Å². The topological polar surface area (TPSA) is 75.5 Å². The highest BCUT2D eigenvalue weighted by Gasteiger charge is 2.28. The summed E-state index contributed by atoms with van der Waals surface area (Å²) in [5.74, 6) is 0.0151. The third-order valence-electron chi connectivity index (χ3n) is 3.42. The number of nitrogens with zero attached hydrogens (tertiary/aromatic N) is 2. The predicted molar refractivity (Wildman–Crippen MR) is 81.5 cm³/mol. The number of benzene rings is 1. The first-order valence-electron chi connectivity index (χ1n) is 7.11. The fraction of sp³-hybridized carbons (Fsp3) is 0.533. The molecule has 0 saturated carbocycles. The zero-order valence-electron chi connectivity index (χ0n) is 12.7. The number of nitro groups is 1. The van der Waals surface area contributed by atoms with Gasteiger partial charge in [-0.3, -0.25) is 14.9 Å². The van der Waals surface area contributed by atoms with Gasteiger partial charge in [-0.25, -0.2) is 0 Å². The van der Waals surface area contributed by atoms with E-state index in [0.29, 0.717) is 6.54 Å². The standard InChI is InChI=1S/C15H21N3O3/c1-15(2,3)16-7-4-8-17-13-6-5-12(18(20)21)9-11(13)10-14(17)19/h5-6,9,16H,4,7-8,10H2,1-3H3. The Hall–Kier alpha value is -1.95. The SMILES string of the molecule is CC(C)(C)NCCCN1C(=O)Cc2cc([N+](=O)[O-])ccc21. The Labute approximate surface area is 124 Å². The number of carbonyl (C=O) groups is 1. The monoisotopic (exact) mass is 291 g/mol. The molecular weight excluding hydrogens is 270 g/mol. The Morgan fingerprint density at radius 3 is 2.71 bits per heavy atom. The Balaban J connectivity index is 2.00. The molecule has 1 aromatic rings. The van der Waals surface area contributed by atoms with Crippen molar-refractivity contribution < 1.29 is 9.72 Å². The van der Waals surface area contributed by atoms with Gasteiger partial charge in [-0.2, -0.15) is 0 Å². The molecule has 0 atom stereocenters. The fourth-order valence-corrected chi connectivity index (χ4v) is 2.43. The molecule has 0 spiro atoms. The molecule has 0 aliphatic carbocycles. The lowest BCUT2D eigenvalue weighted by Crippen LogP contribution is -2.38. The largest absolute Gasteiger partial charge is 0.312 e. The van der Waals surface area contributed by atoms with Crippen molar-refractivity contribution in [2.75, 3.05) is 18.0 Å². The summed E-state index contributed by atoms with van der Waals surface area (Å²) >= 11 is 0. The van der Waals surface area contributed by atoms with Crippen LogP contribution in [0.25, 0.3) is 0 Å². The summed E-state index contributed by atoms with van der Waals surface area (Å²) in [5.41, 5.74) is 1.66. The Kier molecular flexibility index (Phi) is 4.27. The molecule has 114 valence electrons. The third kappa shape index (κ3) is 3.78. The number of nitro benzene ring substituents is 1. The minimum Gasteiger partial charge on any atom is -0.312 e. The normalized spacial score (nSPS) is 14.4. The van der Waals surface area contributed by atoms with E-state index in [-0.39, 0.29) is 23.6 Å². The number of carbonyl (C=O) groups excluding carboxylic acids is 1. The summed E-state index contributed by atoms with van der Waals surface area (Å²) in [6.07, 6.45) is 1.10. The van der Waals surface area contributed by atoms with Crippen LogP contribution in [0.1, 0.15) is 32.8 Å². The highest BCUT2D eigenvalue weighted by Crippen LogP contribution is 2.31. The third-order valence-corrected chi connectivity index (χ3v) is 3.42. The second-order valence-corrected chi connectivity index (χ2v) is 6.32. The van der Waals surface area contributed by atoms with Crippen LogP contribution in [0.2, 0.25) is 0 Å². The number of fused-ring (bicyclic) bond motifs is 1. The van der Waals surface area contributed by atoms with E-state index in [9.17, 15) is 14.9 Å². The molecule has 1 amide bonds. The lowest BCUT2D eigenvalue weighted by molar-refractivity contribution is -0.384. The highest BCUT2D eigenvalue weighted by molar-refractivity contribution is 6.01. The van der Waals surface area contributed by atoms with Crippen molar-refractivity contribution in [3.05, 3.63) is 33.9 Å². The van der Waals surface area contributed by atoms with Crippen LogP contribution < -0.4 is 10.2 Å². The van der Waals surface area contributed by atoms with Gasteiger partial charge in [0.15, 0.2) is 0 Å². The van der Waals surface area contributed by atoms with E-state index in [1.165, 1.54) is 12.1 Å². The first-order chi connectivity index (χ1) is 9.78. The number of amides is 1. The number of non-ortho nitro benzene ring substituents is 1. The number of anilines is 1. The summed E-state index contributed by atoms with van der Waals surface area (Å²) in [5, 5.41) is 14.1. The Morgan fingerprint density at radius 2 is 2.10 bits per heavy atom. The quantitative estimate of drug-likeness (QED) is 0.513. The number of hydrogen-bond donors (Lipinski definition) is 1. The Bertz CT molecular complexity index is 564. The maximum atomic E-state index is 12.0. The maximum Gasteiger partial charge on any atom is 0.269 e. The average Bonchev–Trinajstić information content (AvgIpc) is 2.68. The van der Waals surface area contributed by atoms with Gasteiger partial charge in [-0.15, -0.1) is 0 Å². The van der Waals surface area contributed by atoms with Crippen molar-refractivity contribution in [1.82, 2.24) is 5.32 Å². The zero-order chi connectivity index (χ0) is 15.6. The summed E-state index contributed by atoms with van der Waals surface area (Å²) in [4.78, 5) is 24.1. The molecule has 2 rings (SSSR count). The molecule has 0 radical (unpaired) electrons. The molecule has 0 aromatic heterocycles. The second kappa shape index (κ2) is 5.81. The molecule has 6 heteroatoms. The van der Waals surface area contributed by atoms with Gasteiger partial charge >= 0.3 is 0 Å². The molecule has 1 aromatic carbocycles. The first kappa shape index (κ1) is 15.4. The number of rotatable bonds is 5.